The summed E-state index contributed by atoms with van der Waals surface area (Å²) in [6.07, 6.45) is 1.32. The summed E-state index contributed by atoms with van der Waals surface area (Å²) >= 11 is 0. The lowest BCUT2D eigenvalue weighted by Gasteiger charge is -2.39. The number of rotatable bonds is 3. The number of hydrogen-bond donors (Lipinski definition) is 1. The van der Waals surface area contributed by atoms with Crippen molar-refractivity contribution in [3.63, 3.8) is 0 Å². The van der Waals surface area contributed by atoms with E-state index in [1.165, 1.54) is 6.92 Å². The van der Waals surface area contributed by atoms with Crippen LogP contribution in [-0.2, 0) is 9.59 Å². The van der Waals surface area contributed by atoms with E-state index >= 15 is 0 Å². The number of piperazine rings is 1. The van der Waals surface area contributed by atoms with Crippen molar-refractivity contribution in [3.8, 4) is 0 Å². The van der Waals surface area contributed by atoms with E-state index in [2.05, 4.69) is 4.90 Å². The molecule has 0 aliphatic carbocycles. The quantitative estimate of drug-likeness (QED) is 0.823. The highest BCUT2D eigenvalue weighted by molar-refractivity contribution is 5.87. The Bertz CT molecular complexity index is 439. The van der Waals surface area contributed by atoms with Crippen LogP contribution in [0.3, 0.4) is 0 Å². The zero-order valence-electron chi connectivity index (χ0n) is 14.9. The van der Waals surface area contributed by atoms with Gasteiger partial charge in [0.25, 0.3) is 0 Å². The molecule has 132 valence electrons. The first-order valence-electron chi connectivity index (χ1n) is 8.66. The summed E-state index contributed by atoms with van der Waals surface area (Å²) in [5.74, 6) is 0.0847. The minimum atomic E-state index is -0.368. The molecule has 2 aliphatic heterocycles. The second-order valence-electron chi connectivity index (χ2n) is 7.88. The lowest BCUT2D eigenvalue weighted by molar-refractivity contribution is -0.144. The van der Waals surface area contributed by atoms with Gasteiger partial charge in [0.1, 0.15) is 6.04 Å². The van der Waals surface area contributed by atoms with Crippen molar-refractivity contribution < 1.29 is 14.7 Å². The van der Waals surface area contributed by atoms with Crippen molar-refractivity contribution in [3.05, 3.63) is 0 Å². The van der Waals surface area contributed by atoms with Crippen LogP contribution in [0.4, 0.5) is 0 Å². The first-order chi connectivity index (χ1) is 10.7. The monoisotopic (exact) mass is 325 g/mol. The van der Waals surface area contributed by atoms with Crippen LogP contribution in [0.25, 0.3) is 0 Å². The zero-order valence-corrected chi connectivity index (χ0v) is 14.9. The average molecular weight is 325 g/mol. The molecule has 2 aliphatic rings. The highest BCUT2D eigenvalue weighted by atomic mass is 16.3. The van der Waals surface area contributed by atoms with Crippen molar-refractivity contribution in [1.82, 2.24) is 14.7 Å². The Morgan fingerprint density at radius 1 is 1.13 bits per heavy atom. The number of aliphatic hydroxyl groups excluding tert-OH is 1. The van der Waals surface area contributed by atoms with Gasteiger partial charge in [0.05, 0.1) is 6.10 Å². The molecule has 2 fully saturated rings. The van der Waals surface area contributed by atoms with Crippen molar-refractivity contribution in [1.29, 1.82) is 0 Å². The van der Waals surface area contributed by atoms with E-state index in [1.807, 2.05) is 25.7 Å². The van der Waals surface area contributed by atoms with Crippen LogP contribution >= 0.6 is 0 Å². The molecule has 2 amide bonds. The summed E-state index contributed by atoms with van der Waals surface area (Å²) in [7, 11) is 0. The second kappa shape index (κ2) is 7.18. The highest BCUT2D eigenvalue weighted by Crippen LogP contribution is 2.22. The topological polar surface area (TPSA) is 64.1 Å². The molecule has 0 aromatic rings. The fourth-order valence-corrected chi connectivity index (χ4v) is 3.28. The van der Waals surface area contributed by atoms with Crippen molar-refractivity contribution in [2.24, 2.45) is 5.41 Å². The third kappa shape index (κ3) is 4.44. The predicted octanol–water partition coefficient (Wildman–Crippen LogP) is 0.549. The standard InChI is InChI=1S/C17H31N3O3/c1-13(21)20-7-5-6-14(20)16(23)19-10-8-18(9-11-19)12-15(22)17(2,3)4/h14-15,22H,5-12H2,1-4H3/t14-,15-/m0/s1. The molecule has 0 radical (unpaired) electrons. The SMILES string of the molecule is CC(=O)N1CCC[C@H]1C(=O)N1CCN(C[C@H](O)C(C)(C)C)CC1. The Morgan fingerprint density at radius 3 is 2.26 bits per heavy atom. The largest absolute Gasteiger partial charge is 0.391 e. The molecule has 0 aromatic carbocycles. The molecule has 0 spiro atoms. The van der Waals surface area contributed by atoms with E-state index in [9.17, 15) is 14.7 Å². The smallest absolute Gasteiger partial charge is 0.245 e. The van der Waals surface area contributed by atoms with Gasteiger partial charge in [-0.3, -0.25) is 14.5 Å². The second-order valence-corrected chi connectivity index (χ2v) is 7.88. The lowest BCUT2D eigenvalue weighted by atomic mass is 9.89. The maximum Gasteiger partial charge on any atom is 0.245 e. The van der Waals surface area contributed by atoms with Gasteiger partial charge in [-0.2, -0.15) is 0 Å². The molecule has 6 heteroatoms. The maximum absolute atomic E-state index is 12.7. The molecule has 6 nitrogen and oxygen atoms in total. The molecule has 0 unspecified atom stereocenters. The number of likely N-dealkylation sites (tertiary alicyclic amines) is 1. The summed E-state index contributed by atoms with van der Waals surface area (Å²) in [6, 6.07) is -0.265. The minimum Gasteiger partial charge on any atom is -0.391 e. The Morgan fingerprint density at radius 2 is 1.74 bits per heavy atom. The van der Waals surface area contributed by atoms with Gasteiger partial charge in [0, 0.05) is 46.2 Å². The van der Waals surface area contributed by atoms with Crippen LogP contribution in [0.15, 0.2) is 0 Å². The Kier molecular flexibility index (Phi) is 5.68. The summed E-state index contributed by atoms with van der Waals surface area (Å²) in [6.45, 7) is 11.9. The first kappa shape index (κ1) is 18.2. The van der Waals surface area contributed by atoms with Crippen LogP contribution in [0.5, 0.6) is 0 Å². The Hall–Kier alpha value is -1.14. The zero-order chi connectivity index (χ0) is 17.2. The lowest BCUT2D eigenvalue weighted by Crippen LogP contribution is -2.55. The number of amides is 2. The number of aliphatic hydroxyl groups is 1. The van der Waals surface area contributed by atoms with E-state index in [0.717, 1.165) is 25.9 Å². The number of β-amino-alcohol motifs (C(OH)–C–C–N with tert-alkyl or cyclic N) is 1. The predicted molar refractivity (Wildman–Crippen MR) is 88.9 cm³/mol. The Balaban J connectivity index is 1.84. The van der Waals surface area contributed by atoms with Gasteiger partial charge < -0.3 is 14.9 Å². The fourth-order valence-electron chi connectivity index (χ4n) is 3.28. The normalized spacial score (nSPS) is 24.8. The highest BCUT2D eigenvalue weighted by Gasteiger charge is 2.36. The van der Waals surface area contributed by atoms with Crippen molar-refractivity contribution >= 4 is 11.8 Å². The molecule has 23 heavy (non-hydrogen) atoms. The van der Waals surface area contributed by atoms with Crippen molar-refractivity contribution in [2.45, 2.75) is 52.7 Å². The van der Waals surface area contributed by atoms with E-state index in [0.29, 0.717) is 26.2 Å². The van der Waals surface area contributed by atoms with E-state index in [4.69, 9.17) is 0 Å². The number of nitrogens with zero attached hydrogens (tertiary/aromatic N) is 3. The van der Waals surface area contributed by atoms with Crippen molar-refractivity contribution in [2.75, 3.05) is 39.3 Å². The van der Waals surface area contributed by atoms with Gasteiger partial charge in [0.15, 0.2) is 0 Å². The summed E-state index contributed by atoms with van der Waals surface area (Å²) in [5.41, 5.74) is -0.126. The van der Waals surface area contributed by atoms with Gasteiger partial charge >= 0.3 is 0 Å². The average Bonchev–Trinajstić information content (AvgIpc) is 2.96. The molecule has 2 heterocycles. The molecule has 2 saturated heterocycles. The summed E-state index contributed by atoms with van der Waals surface area (Å²) in [4.78, 5) is 30.1. The summed E-state index contributed by atoms with van der Waals surface area (Å²) in [5, 5.41) is 10.2. The van der Waals surface area contributed by atoms with Gasteiger partial charge in [-0.25, -0.2) is 0 Å². The van der Waals surface area contributed by atoms with Crippen LogP contribution in [0.2, 0.25) is 0 Å². The molecule has 0 bridgehead atoms. The molecule has 0 aromatic heterocycles. The fraction of sp³-hybridized carbons (Fsp3) is 0.882. The molecule has 2 rings (SSSR count). The van der Waals surface area contributed by atoms with Gasteiger partial charge in [-0.1, -0.05) is 20.8 Å². The molecular formula is C17H31N3O3. The molecule has 2 atom stereocenters. The first-order valence-corrected chi connectivity index (χ1v) is 8.66. The number of carbonyl (C=O) groups is 2. The molecular weight excluding hydrogens is 294 g/mol. The Labute approximate surface area is 139 Å². The van der Waals surface area contributed by atoms with Crippen LogP contribution in [0, 0.1) is 5.41 Å². The van der Waals surface area contributed by atoms with E-state index in [-0.39, 0.29) is 29.4 Å². The molecule has 0 saturated carbocycles. The van der Waals surface area contributed by atoms with E-state index < -0.39 is 0 Å². The van der Waals surface area contributed by atoms with Crippen LogP contribution in [0.1, 0.15) is 40.5 Å². The van der Waals surface area contributed by atoms with Crippen LogP contribution < -0.4 is 0 Å². The number of carbonyl (C=O) groups excluding carboxylic acids is 2. The third-order valence-corrected chi connectivity index (χ3v) is 5.06. The van der Waals surface area contributed by atoms with E-state index in [1.54, 1.807) is 4.90 Å². The van der Waals surface area contributed by atoms with Gasteiger partial charge in [-0.15, -0.1) is 0 Å². The van der Waals surface area contributed by atoms with Gasteiger partial charge in [0.2, 0.25) is 11.8 Å². The maximum atomic E-state index is 12.7. The summed E-state index contributed by atoms with van der Waals surface area (Å²) < 4.78 is 0. The minimum absolute atomic E-state index is 0.00668. The molecule has 1 N–H and O–H groups in total. The number of hydrogen-bond acceptors (Lipinski definition) is 4. The third-order valence-electron chi connectivity index (χ3n) is 5.06. The van der Waals surface area contributed by atoms with Crippen LogP contribution in [-0.4, -0.2) is 83.0 Å². The van der Waals surface area contributed by atoms with Gasteiger partial charge in [-0.05, 0) is 18.3 Å².